The molecule has 11 unspecified atom stereocenters. The SMILES string of the molecule is CC1=CC(=O)CC(CC(C)C)C1.CCC1CC(=O)C=C(C)C1.CCC1CC(C)=CC(O)C1.CCC1CC(C)=CC(OC(C)=O)C1.CCCC1CC(=O)C=C(C)C1.CCCCC1CC(=O)C=C(C)C1.CCCCC1CC(=O)C=C(C)C1.CCCCCC1CC(=O)C=C(C)C1.CCCCCCC1CC(=O)C=C(C)C1. The monoisotopic (exact) mass is 1490 g/mol. The number of ketones is 7. The lowest BCUT2D eigenvalue weighted by Gasteiger charge is -2.26. The molecule has 0 saturated carbocycles. The fraction of sp³-hybridized carbons (Fsp3) is 0.732. The molecule has 0 heterocycles. The standard InChI is InChI=1S/C13H22O.C12H20O.C11H18O2.3C11H18O.C10H16O.C9H16O.C9H14O/c1-3-4-5-6-7-12-8-11(2)9-13(14)10-12;1-3-4-5-6-11-7-10(2)8-12(13)9-11;1-4-10-5-8(2)6-11(7-10)13-9(3)12;1-8(2)4-10-5-9(3)6-11(12)7-10;2*1-3-4-5-10-6-9(2)7-11(12)8-10;1-3-4-9-5-8(2)6-10(11)7-9;2*1-3-8-4-7(2)5-9(10)6-8/h9,12H,3-8,10H2,1-2H3;8,11H,3-7,9H2,1-2H3;6,10-11H,4-5,7H2,1-3H3;6,8,10H,4-5,7H2,1-3H3;2*7,10H,3-6,8H2,1-2H3;6,9H,3-5,7H2,1-2H3;5,8-10H,3-4,6H2,1-2H3;5,8H,3-4,6H2,1-2H3. The van der Waals surface area contributed by atoms with Gasteiger partial charge in [0.2, 0.25) is 0 Å². The minimum Gasteiger partial charge on any atom is -0.458 e. The van der Waals surface area contributed by atoms with Crippen molar-refractivity contribution in [2.75, 3.05) is 0 Å². The molecule has 1 N–H and O–H groups in total. The van der Waals surface area contributed by atoms with Crippen LogP contribution in [0.1, 0.15) is 389 Å². The predicted molar refractivity (Wildman–Crippen MR) is 452 cm³/mol. The van der Waals surface area contributed by atoms with Crippen molar-refractivity contribution in [2.24, 2.45) is 59.2 Å². The van der Waals surface area contributed by atoms with E-state index in [9.17, 15) is 43.5 Å². The van der Waals surface area contributed by atoms with Gasteiger partial charge in [-0.25, -0.2) is 0 Å². The molecule has 11 atom stereocenters. The van der Waals surface area contributed by atoms with Gasteiger partial charge < -0.3 is 9.84 Å². The van der Waals surface area contributed by atoms with Crippen molar-refractivity contribution in [1.82, 2.24) is 0 Å². The van der Waals surface area contributed by atoms with Gasteiger partial charge in [-0.2, -0.15) is 0 Å². The molecule has 9 aliphatic carbocycles. The van der Waals surface area contributed by atoms with E-state index in [1.807, 2.05) is 37.3 Å². The van der Waals surface area contributed by atoms with Crippen LogP contribution in [0.2, 0.25) is 0 Å². The first-order valence-electron chi connectivity index (χ1n) is 43.3. The lowest BCUT2D eigenvalue weighted by atomic mass is 9.83. The molecule has 0 spiro atoms. The highest BCUT2D eigenvalue weighted by Gasteiger charge is 2.25. The van der Waals surface area contributed by atoms with Crippen molar-refractivity contribution in [3.63, 3.8) is 0 Å². The number of aliphatic hydroxyl groups excluding tert-OH is 1. The zero-order chi connectivity index (χ0) is 80.4. The number of unbranched alkanes of at least 4 members (excludes halogenated alkanes) is 7. The Morgan fingerprint density at radius 2 is 0.598 bits per heavy atom. The van der Waals surface area contributed by atoms with Gasteiger partial charge in [-0.3, -0.25) is 38.4 Å². The van der Waals surface area contributed by atoms with Crippen LogP contribution in [0.5, 0.6) is 0 Å². The van der Waals surface area contributed by atoms with Crippen LogP contribution in [0.4, 0.5) is 0 Å². The molecule has 0 bridgehead atoms. The normalized spacial score (nSPS) is 25.5. The van der Waals surface area contributed by atoms with E-state index in [4.69, 9.17) is 4.74 Å². The molecule has 0 aromatic heterocycles. The third kappa shape index (κ3) is 51.1. The van der Waals surface area contributed by atoms with E-state index in [0.29, 0.717) is 93.7 Å². The molecule has 0 aliphatic heterocycles. The van der Waals surface area contributed by atoms with Crippen molar-refractivity contribution in [2.45, 2.75) is 401 Å². The zero-order valence-electron chi connectivity index (χ0n) is 72.3. The summed E-state index contributed by atoms with van der Waals surface area (Å²) < 4.78 is 5.18. The highest BCUT2D eigenvalue weighted by atomic mass is 16.5. The number of rotatable bonds is 23. The van der Waals surface area contributed by atoms with Gasteiger partial charge in [-0.1, -0.05) is 222 Å². The fourth-order valence-corrected chi connectivity index (χ4v) is 17.1. The van der Waals surface area contributed by atoms with Crippen molar-refractivity contribution in [1.29, 1.82) is 0 Å². The number of hydrogen-bond donors (Lipinski definition) is 1. The van der Waals surface area contributed by atoms with Crippen LogP contribution in [0, 0.1) is 59.2 Å². The highest BCUT2D eigenvalue weighted by Crippen LogP contribution is 2.34. The zero-order valence-corrected chi connectivity index (χ0v) is 72.3. The van der Waals surface area contributed by atoms with E-state index in [-0.39, 0.29) is 18.2 Å². The van der Waals surface area contributed by atoms with Crippen molar-refractivity contribution in [3.8, 4) is 0 Å². The number of allylic oxidation sites excluding steroid dienone is 16. The smallest absolute Gasteiger partial charge is 0.303 e. The van der Waals surface area contributed by atoms with Crippen LogP contribution in [0.25, 0.3) is 0 Å². The van der Waals surface area contributed by atoms with Crippen molar-refractivity contribution in [3.05, 3.63) is 105 Å². The Balaban J connectivity index is 0.000000603. The van der Waals surface area contributed by atoms with E-state index in [2.05, 4.69) is 131 Å². The van der Waals surface area contributed by atoms with E-state index >= 15 is 0 Å². The molecule has 0 fully saturated rings. The highest BCUT2D eigenvalue weighted by molar-refractivity contribution is 5.94. The molecule has 0 radical (unpaired) electrons. The quantitative estimate of drug-likeness (QED) is 0.0591. The number of hydrogen-bond acceptors (Lipinski definition) is 10. The van der Waals surface area contributed by atoms with Gasteiger partial charge in [-0.05, 0) is 279 Å². The second-order valence-electron chi connectivity index (χ2n) is 34.7. The summed E-state index contributed by atoms with van der Waals surface area (Å²) in [6, 6.07) is 0. The van der Waals surface area contributed by atoms with Gasteiger partial charge in [-0.15, -0.1) is 0 Å². The van der Waals surface area contributed by atoms with Crippen LogP contribution in [-0.4, -0.2) is 63.8 Å². The molecule has 9 rings (SSSR count). The summed E-state index contributed by atoms with van der Waals surface area (Å²) in [4.78, 5) is 88.9. The summed E-state index contributed by atoms with van der Waals surface area (Å²) in [5, 5.41) is 9.30. The van der Waals surface area contributed by atoms with E-state index in [0.717, 1.165) is 121 Å². The number of aliphatic hydroxyl groups is 1. The summed E-state index contributed by atoms with van der Waals surface area (Å²) in [5.74, 6) is 8.70. The summed E-state index contributed by atoms with van der Waals surface area (Å²) in [6.45, 7) is 42.1. The third-order valence-electron chi connectivity index (χ3n) is 22.0. The van der Waals surface area contributed by atoms with Gasteiger partial charge in [0.05, 0.1) is 6.10 Å². The van der Waals surface area contributed by atoms with Crippen LogP contribution in [0.3, 0.4) is 0 Å². The number of esters is 1. The molecule has 0 saturated heterocycles. The first-order chi connectivity index (χ1) is 50.7. The maximum Gasteiger partial charge on any atom is 0.303 e. The number of carbonyl (C=O) groups excluding carboxylic acids is 8. The molecule has 107 heavy (non-hydrogen) atoms. The minimum absolute atomic E-state index is 0.0243. The van der Waals surface area contributed by atoms with Gasteiger partial charge in [0.15, 0.2) is 40.5 Å². The lowest BCUT2D eigenvalue weighted by Crippen LogP contribution is -2.22. The predicted octanol–water partition coefficient (Wildman–Crippen LogP) is 26.4. The number of carbonyl (C=O) groups is 8. The summed E-state index contributed by atoms with van der Waals surface area (Å²) in [5.41, 5.74) is 11.6. The third-order valence-corrected chi connectivity index (χ3v) is 22.0. The molecule has 9 aliphatic rings. The molecule has 10 nitrogen and oxygen atoms in total. The molecule has 0 aromatic rings. The average molecular weight is 1490 g/mol. The molecule has 10 heteroatoms. The minimum atomic E-state index is -0.175. The van der Waals surface area contributed by atoms with Crippen LogP contribution < -0.4 is 0 Å². The second kappa shape index (κ2) is 58.7. The Bertz CT molecular complexity index is 2900. The molecular weight excluding hydrogens is 1330 g/mol. The van der Waals surface area contributed by atoms with E-state index in [1.165, 1.54) is 192 Å². The molecule has 0 aromatic carbocycles. The first-order valence-corrected chi connectivity index (χ1v) is 43.3. The summed E-state index contributed by atoms with van der Waals surface area (Å²) >= 11 is 0. The maximum absolute atomic E-state index is 11.3. The van der Waals surface area contributed by atoms with Crippen molar-refractivity contribution < 1.29 is 48.2 Å². The largest absolute Gasteiger partial charge is 0.458 e. The van der Waals surface area contributed by atoms with Crippen LogP contribution in [-0.2, 0) is 43.1 Å². The summed E-state index contributed by atoms with van der Waals surface area (Å²) in [6.07, 6.45) is 60.6. The van der Waals surface area contributed by atoms with Gasteiger partial charge >= 0.3 is 5.97 Å². The van der Waals surface area contributed by atoms with Crippen LogP contribution in [0.15, 0.2) is 105 Å². The molecular formula is C97H160O10. The van der Waals surface area contributed by atoms with Gasteiger partial charge in [0.1, 0.15) is 6.10 Å². The van der Waals surface area contributed by atoms with E-state index < -0.39 is 0 Å². The average Bonchev–Trinajstić information content (AvgIpc) is 0.918. The van der Waals surface area contributed by atoms with Crippen LogP contribution >= 0.6 is 0 Å². The van der Waals surface area contributed by atoms with E-state index in [1.54, 1.807) is 18.2 Å². The number of ether oxygens (including phenoxy) is 1. The Morgan fingerprint density at radius 1 is 0.327 bits per heavy atom. The fourth-order valence-electron chi connectivity index (χ4n) is 17.1. The Labute approximate surface area is 656 Å². The molecule has 608 valence electrons. The van der Waals surface area contributed by atoms with Crippen molar-refractivity contribution >= 4 is 46.5 Å². The lowest BCUT2D eigenvalue weighted by molar-refractivity contribution is -0.145. The van der Waals surface area contributed by atoms with Gasteiger partial charge in [0, 0.05) is 51.9 Å². The molecule has 0 amide bonds. The first kappa shape index (κ1) is 99.8. The maximum atomic E-state index is 11.3. The second-order valence-corrected chi connectivity index (χ2v) is 34.7. The summed E-state index contributed by atoms with van der Waals surface area (Å²) in [7, 11) is 0. The topological polar surface area (TPSA) is 166 Å². The Kier molecular flexibility index (Phi) is 54.7. The Hall–Kier alpha value is -5.22. The Morgan fingerprint density at radius 3 is 0.907 bits per heavy atom. The van der Waals surface area contributed by atoms with Gasteiger partial charge in [0.25, 0.3) is 0 Å².